The molecule has 8 heavy (non-hydrogen) atoms. The third-order valence-corrected chi connectivity index (χ3v) is 0.859. The summed E-state index contributed by atoms with van der Waals surface area (Å²) in [4.78, 5) is 4.54. The van der Waals surface area contributed by atoms with Gasteiger partial charge in [-0.2, -0.15) is 0 Å². The molecule has 0 fully saturated rings. The van der Waals surface area contributed by atoms with Crippen molar-refractivity contribution < 1.29 is 4.84 Å². The van der Waals surface area contributed by atoms with Crippen molar-refractivity contribution in [3.63, 3.8) is 0 Å². The van der Waals surface area contributed by atoms with Crippen LogP contribution in [0, 0.1) is 0 Å². The molecule has 0 aliphatic rings. The zero-order valence-corrected chi connectivity index (χ0v) is 5.77. The van der Waals surface area contributed by atoms with Gasteiger partial charge in [-0.15, -0.1) is 0 Å². The maximum atomic E-state index is 4.54. The highest BCUT2D eigenvalue weighted by Gasteiger charge is 1.85. The van der Waals surface area contributed by atoms with Gasteiger partial charge in [0.25, 0.3) is 0 Å². The molecule has 0 spiro atoms. The van der Waals surface area contributed by atoms with Gasteiger partial charge < -0.3 is 4.84 Å². The Morgan fingerprint density at radius 3 is 2.62 bits per heavy atom. The van der Waals surface area contributed by atoms with Crippen molar-refractivity contribution in [3.05, 3.63) is 0 Å². The fourth-order valence-corrected chi connectivity index (χ4v) is 0.563. The second kappa shape index (κ2) is 4.62. The molecule has 48 valence electrons. The van der Waals surface area contributed by atoms with E-state index in [2.05, 4.69) is 16.9 Å². The third-order valence-electron chi connectivity index (χ3n) is 0.859. The predicted octanol–water partition coefficient (Wildman–Crippen LogP) is 1.81. The zero-order valence-electron chi connectivity index (χ0n) is 5.77. The first-order valence-electron chi connectivity index (χ1n) is 2.88. The largest absolute Gasteiger partial charge is 0.399 e. The Kier molecular flexibility index (Phi) is 4.32. The topological polar surface area (TPSA) is 21.6 Å². The van der Waals surface area contributed by atoms with Crippen LogP contribution >= 0.6 is 0 Å². The van der Waals surface area contributed by atoms with Crippen LogP contribution in [0.15, 0.2) is 5.16 Å². The lowest BCUT2D eigenvalue weighted by atomic mass is 10.2. The minimum atomic E-state index is 1.04. The molecule has 2 heteroatoms. The van der Waals surface area contributed by atoms with Gasteiger partial charge in [0, 0.05) is 0 Å². The van der Waals surface area contributed by atoms with Gasteiger partial charge in [0.15, 0.2) is 0 Å². The first-order valence-corrected chi connectivity index (χ1v) is 2.88. The highest BCUT2D eigenvalue weighted by Crippen LogP contribution is 1.90. The quantitative estimate of drug-likeness (QED) is 0.406. The second-order valence-electron chi connectivity index (χ2n) is 1.76. The van der Waals surface area contributed by atoms with Gasteiger partial charge in [-0.1, -0.05) is 18.5 Å². The van der Waals surface area contributed by atoms with E-state index in [0.717, 1.165) is 18.6 Å². The number of hydrogen-bond acceptors (Lipinski definition) is 2. The fraction of sp³-hybridized carbons (Fsp3) is 0.833. The molecule has 0 aromatic carbocycles. The van der Waals surface area contributed by atoms with Gasteiger partial charge in [0.05, 0.1) is 5.71 Å². The summed E-state index contributed by atoms with van der Waals surface area (Å²) in [7, 11) is 1.57. The molecule has 0 N–H and O–H groups in total. The monoisotopic (exact) mass is 115 g/mol. The maximum Gasteiger partial charge on any atom is 0.106 e. The lowest BCUT2D eigenvalue weighted by Gasteiger charge is -1.92. The molecule has 0 aromatic heterocycles. The molecule has 0 saturated heterocycles. The van der Waals surface area contributed by atoms with Crippen LogP contribution in [0.5, 0.6) is 0 Å². The Hall–Kier alpha value is -0.530. The number of rotatable bonds is 3. The van der Waals surface area contributed by atoms with Crippen LogP contribution in [0.25, 0.3) is 0 Å². The molecule has 2 nitrogen and oxygen atoms in total. The minimum Gasteiger partial charge on any atom is -0.399 e. The molecular formula is C6H13NO. The van der Waals surface area contributed by atoms with Crippen molar-refractivity contribution in [1.29, 1.82) is 0 Å². The fourth-order valence-electron chi connectivity index (χ4n) is 0.563. The van der Waals surface area contributed by atoms with Gasteiger partial charge >= 0.3 is 0 Å². The van der Waals surface area contributed by atoms with Crippen molar-refractivity contribution in [3.8, 4) is 0 Å². The molecule has 0 aromatic rings. The average molecular weight is 115 g/mol. The highest BCUT2D eigenvalue weighted by atomic mass is 16.6. The van der Waals surface area contributed by atoms with E-state index in [4.69, 9.17) is 0 Å². The molecule has 0 bridgehead atoms. The lowest BCUT2D eigenvalue weighted by molar-refractivity contribution is 0.212. The van der Waals surface area contributed by atoms with E-state index in [1.807, 2.05) is 6.92 Å². The summed E-state index contributed by atoms with van der Waals surface area (Å²) in [6, 6.07) is 0. The normalized spacial score (nSPS) is 11.6. The van der Waals surface area contributed by atoms with E-state index in [0.29, 0.717) is 0 Å². The minimum absolute atomic E-state index is 1.04. The summed E-state index contributed by atoms with van der Waals surface area (Å²) in [5, 5.41) is 3.73. The van der Waals surface area contributed by atoms with Crippen molar-refractivity contribution in [2.24, 2.45) is 5.16 Å². The SMILES string of the molecule is CCCC(C)=NOC. The van der Waals surface area contributed by atoms with Crippen LogP contribution in [0.1, 0.15) is 26.7 Å². The molecule has 0 aliphatic carbocycles. The summed E-state index contributed by atoms with van der Waals surface area (Å²) in [5.74, 6) is 0. The Morgan fingerprint density at radius 2 is 2.25 bits per heavy atom. The average Bonchev–Trinajstić information content (AvgIpc) is 1.68. The Labute approximate surface area is 50.5 Å². The lowest BCUT2D eigenvalue weighted by Crippen LogP contribution is -1.89. The summed E-state index contributed by atoms with van der Waals surface area (Å²) < 4.78 is 0. The predicted molar refractivity (Wildman–Crippen MR) is 35.0 cm³/mol. The smallest absolute Gasteiger partial charge is 0.106 e. The van der Waals surface area contributed by atoms with Gasteiger partial charge in [0.2, 0.25) is 0 Å². The van der Waals surface area contributed by atoms with Gasteiger partial charge in [-0.05, 0) is 13.3 Å². The van der Waals surface area contributed by atoms with Crippen molar-refractivity contribution >= 4 is 5.71 Å². The van der Waals surface area contributed by atoms with Crippen molar-refractivity contribution in [2.75, 3.05) is 7.11 Å². The Balaban J connectivity index is 3.29. The molecule has 0 saturated carbocycles. The maximum absolute atomic E-state index is 4.54. The molecule has 0 rings (SSSR count). The number of oxime groups is 1. The summed E-state index contributed by atoms with van der Waals surface area (Å²) in [5.41, 5.74) is 1.06. The van der Waals surface area contributed by atoms with Gasteiger partial charge in [0.1, 0.15) is 7.11 Å². The molecular weight excluding hydrogens is 102 g/mol. The van der Waals surface area contributed by atoms with E-state index >= 15 is 0 Å². The van der Waals surface area contributed by atoms with Gasteiger partial charge in [-0.3, -0.25) is 0 Å². The molecule has 0 aliphatic heterocycles. The summed E-state index contributed by atoms with van der Waals surface area (Å²) in [6.07, 6.45) is 2.17. The first kappa shape index (κ1) is 7.47. The van der Waals surface area contributed by atoms with Crippen molar-refractivity contribution in [1.82, 2.24) is 0 Å². The number of hydrogen-bond donors (Lipinski definition) is 0. The molecule has 0 radical (unpaired) electrons. The molecule has 0 amide bonds. The van der Waals surface area contributed by atoms with E-state index in [-0.39, 0.29) is 0 Å². The van der Waals surface area contributed by atoms with E-state index < -0.39 is 0 Å². The van der Waals surface area contributed by atoms with Crippen LogP contribution < -0.4 is 0 Å². The van der Waals surface area contributed by atoms with Crippen LogP contribution in [0.2, 0.25) is 0 Å². The molecule has 0 unspecified atom stereocenters. The van der Waals surface area contributed by atoms with Crippen LogP contribution in [0.3, 0.4) is 0 Å². The Bertz CT molecular complexity index is 78.6. The summed E-state index contributed by atoms with van der Waals surface area (Å²) >= 11 is 0. The van der Waals surface area contributed by atoms with Crippen LogP contribution in [-0.2, 0) is 4.84 Å². The first-order chi connectivity index (χ1) is 3.81. The molecule has 0 atom stereocenters. The highest BCUT2D eigenvalue weighted by molar-refractivity contribution is 5.81. The third kappa shape index (κ3) is 3.65. The number of nitrogens with zero attached hydrogens (tertiary/aromatic N) is 1. The Morgan fingerprint density at radius 1 is 1.62 bits per heavy atom. The standard InChI is InChI=1S/C6H13NO/c1-4-5-6(2)7-8-3/h4-5H2,1-3H3. The van der Waals surface area contributed by atoms with E-state index in [9.17, 15) is 0 Å². The zero-order chi connectivity index (χ0) is 6.41. The molecule has 0 heterocycles. The van der Waals surface area contributed by atoms with Crippen molar-refractivity contribution in [2.45, 2.75) is 26.7 Å². The second-order valence-corrected chi connectivity index (χ2v) is 1.76. The van der Waals surface area contributed by atoms with Gasteiger partial charge in [-0.25, -0.2) is 0 Å². The van der Waals surface area contributed by atoms with Crippen LogP contribution in [-0.4, -0.2) is 12.8 Å². The van der Waals surface area contributed by atoms with Crippen LogP contribution in [0.4, 0.5) is 0 Å². The van der Waals surface area contributed by atoms with E-state index in [1.165, 1.54) is 0 Å². The summed E-state index contributed by atoms with van der Waals surface area (Å²) in [6.45, 7) is 4.08. The van der Waals surface area contributed by atoms with E-state index in [1.54, 1.807) is 7.11 Å².